The van der Waals surface area contributed by atoms with Crippen molar-refractivity contribution in [3.8, 4) is 0 Å². The number of carbonyl (C=O) groups is 1. The number of aromatic nitrogens is 1. The van der Waals surface area contributed by atoms with Crippen LogP contribution >= 0.6 is 0 Å². The van der Waals surface area contributed by atoms with Crippen molar-refractivity contribution in [1.29, 1.82) is 0 Å². The second kappa shape index (κ2) is 4.84. The predicted octanol–water partition coefficient (Wildman–Crippen LogP) is 2.10. The average Bonchev–Trinajstić information content (AvgIpc) is 3.01. The molecule has 1 amide bonds. The molecule has 2 aromatic rings. The van der Waals surface area contributed by atoms with E-state index in [1.807, 2.05) is 24.0 Å². The lowest BCUT2D eigenvalue weighted by molar-refractivity contribution is 0.0718. The number of fused-ring (bicyclic) bond motifs is 3. The van der Waals surface area contributed by atoms with E-state index >= 15 is 0 Å². The number of rotatable bonds is 1. The Morgan fingerprint density at radius 2 is 2.19 bits per heavy atom. The van der Waals surface area contributed by atoms with E-state index < -0.39 is 0 Å². The fraction of sp³-hybridized carbons (Fsp3) is 0.500. The van der Waals surface area contributed by atoms with Gasteiger partial charge in [0.05, 0.1) is 0 Å². The van der Waals surface area contributed by atoms with Crippen molar-refractivity contribution in [2.24, 2.45) is 0 Å². The van der Waals surface area contributed by atoms with E-state index in [0.29, 0.717) is 23.4 Å². The minimum Gasteiger partial charge on any atom is -0.449 e. The van der Waals surface area contributed by atoms with Crippen molar-refractivity contribution in [1.82, 2.24) is 15.2 Å². The number of carbonyl (C=O) groups excluding carboxylic acids is 1. The summed E-state index contributed by atoms with van der Waals surface area (Å²) in [6, 6.07) is 6.55. The van der Waals surface area contributed by atoms with Gasteiger partial charge in [-0.15, -0.1) is 0 Å². The van der Waals surface area contributed by atoms with E-state index in [4.69, 9.17) is 4.42 Å². The Bertz CT molecular complexity index is 694. The van der Waals surface area contributed by atoms with Gasteiger partial charge in [0.25, 0.3) is 5.91 Å². The monoisotopic (exact) mass is 285 g/mol. The largest absolute Gasteiger partial charge is 0.449 e. The van der Waals surface area contributed by atoms with Crippen molar-refractivity contribution in [2.45, 2.75) is 38.3 Å². The van der Waals surface area contributed by atoms with Gasteiger partial charge in [-0.1, -0.05) is 0 Å². The topological polar surface area (TPSA) is 58.4 Å². The highest BCUT2D eigenvalue weighted by atomic mass is 16.3. The second-order valence-electron chi connectivity index (χ2n) is 6.12. The average molecular weight is 285 g/mol. The van der Waals surface area contributed by atoms with Crippen LogP contribution in [-0.2, 0) is 0 Å². The highest BCUT2D eigenvalue weighted by Gasteiger charge is 2.32. The summed E-state index contributed by atoms with van der Waals surface area (Å²) >= 11 is 0. The third-order valence-electron chi connectivity index (χ3n) is 4.53. The first-order chi connectivity index (χ1) is 10.2. The predicted molar refractivity (Wildman–Crippen MR) is 79.2 cm³/mol. The second-order valence-corrected chi connectivity index (χ2v) is 6.12. The molecule has 0 aromatic carbocycles. The van der Waals surface area contributed by atoms with Crippen LogP contribution in [0.4, 0.5) is 0 Å². The number of pyridine rings is 1. The Morgan fingerprint density at radius 1 is 1.33 bits per heavy atom. The zero-order valence-electron chi connectivity index (χ0n) is 12.1. The summed E-state index contributed by atoms with van der Waals surface area (Å²) < 4.78 is 5.68. The molecule has 21 heavy (non-hydrogen) atoms. The van der Waals surface area contributed by atoms with Gasteiger partial charge in [-0.05, 0) is 38.3 Å². The quantitative estimate of drug-likeness (QED) is 0.871. The molecule has 2 saturated heterocycles. The molecule has 2 aliphatic heterocycles. The lowest BCUT2D eigenvalue weighted by atomic mass is 10.1. The molecule has 4 heterocycles. The Morgan fingerprint density at radius 3 is 3.10 bits per heavy atom. The van der Waals surface area contributed by atoms with Crippen LogP contribution < -0.4 is 5.32 Å². The third-order valence-corrected chi connectivity index (χ3v) is 4.53. The Labute approximate surface area is 123 Å². The maximum absolute atomic E-state index is 12.7. The van der Waals surface area contributed by atoms with Gasteiger partial charge in [0.15, 0.2) is 11.3 Å². The Hall–Kier alpha value is -1.88. The first kappa shape index (κ1) is 12.8. The zero-order chi connectivity index (χ0) is 14.4. The summed E-state index contributed by atoms with van der Waals surface area (Å²) in [6.45, 7) is 3.51. The molecule has 0 saturated carbocycles. The molecule has 0 spiro atoms. The lowest BCUT2D eigenvalue weighted by Crippen LogP contribution is -2.38. The van der Waals surface area contributed by atoms with E-state index in [9.17, 15) is 4.79 Å². The number of nitrogens with zero attached hydrogens (tertiary/aromatic N) is 2. The molecule has 0 aliphatic carbocycles. The molecule has 2 bridgehead atoms. The van der Waals surface area contributed by atoms with Gasteiger partial charge in [0.2, 0.25) is 0 Å². The number of hydrogen-bond donors (Lipinski definition) is 1. The van der Waals surface area contributed by atoms with E-state index in [1.54, 1.807) is 6.07 Å². The standard InChI is InChI=1S/C16H19N3O2/c1-10-2-5-14-13(17-10)8-15(21-14)16(20)19-7-6-11-3-4-12(9-19)18-11/h2,5,8,11-12,18H,3-4,6-7,9H2,1H3. The molecule has 4 rings (SSSR count). The zero-order valence-corrected chi connectivity index (χ0v) is 12.1. The van der Waals surface area contributed by atoms with Crippen LogP contribution in [0.25, 0.3) is 11.1 Å². The molecule has 2 aliphatic rings. The summed E-state index contributed by atoms with van der Waals surface area (Å²) in [5.41, 5.74) is 2.37. The van der Waals surface area contributed by atoms with Gasteiger partial charge in [-0.2, -0.15) is 0 Å². The van der Waals surface area contributed by atoms with Crippen LogP contribution in [0, 0.1) is 6.92 Å². The van der Waals surface area contributed by atoms with Crippen LogP contribution in [0.15, 0.2) is 22.6 Å². The normalized spacial score (nSPS) is 25.3. The maximum Gasteiger partial charge on any atom is 0.289 e. The molecule has 2 unspecified atom stereocenters. The summed E-state index contributed by atoms with van der Waals surface area (Å²) in [5.74, 6) is 0.390. The first-order valence-corrected chi connectivity index (χ1v) is 7.61. The van der Waals surface area contributed by atoms with Gasteiger partial charge in [-0.25, -0.2) is 4.98 Å². The summed E-state index contributed by atoms with van der Waals surface area (Å²) in [6.07, 6.45) is 3.43. The highest BCUT2D eigenvalue weighted by Crippen LogP contribution is 2.23. The van der Waals surface area contributed by atoms with Crippen LogP contribution in [0.1, 0.15) is 35.5 Å². The SMILES string of the molecule is Cc1ccc2oc(C(=O)N3CCC4CCC(C3)N4)cc2n1. The third kappa shape index (κ3) is 2.31. The number of furan rings is 1. The molecule has 1 N–H and O–H groups in total. The van der Waals surface area contributed by atoms with Crippen molar-refractivity contribution in [2.75, 3.05) is 13.1 Å². The molecule has 5 nitrogen and oxygen atoms in total. The van der Waals surface area contributed by atoms with Gasteiger partial charge in [0, 0.05) is 36.9 Å². The number of amides is 1. The van der Waals surface area contributed by atoms with E-state index in [0.717, 1.165) is 37.1 Å². The van der Waals surface area contributed by atoms with Gasteiger partial charge in [-0.3, -0.25) is 4.79 Å². The van der Waals surface area contributed by atoms with Crippen molar-refractivity contribution >= 4 is 17.0 Å². The highest BCUT2D eigenvalue weighted by molar-refractivity contribution is 5.95. The van der Waals surface area contributed by atoms with E-state index in [2.05, 4.69) is 10.3 Å². The molecular formula is C16H19N3O2. The number of likely N-dealkylation sites (tertiary alicyclic amines) is 1. The molecule has 2 aromatic heterocycles. The molecule has 2 fully saturated rings. The van der Waals surface area contributed by atoms with Gasteiger partial charge < -0.3 is 14.6 Å². The maximum atomic E-state index is 12.7. The minimum absolute atomic E-state index is 0.0139. The summed E-state index contributed by atoms with van der Waals surface area (Å²) in [4.78, 5) is 19.0. The summed E-state index contributed by atoms with van der Waals surface area (Å²) in [5, 5.41) is 3.59. The van der Waals surface area contributed by atoms with Crippen LogP contribution in [0.5, 0.6) is 0 Å². The fourth-order valence-corrected chi connectivity index (χ4v) is 3.41. The van der Waals surface area contributed by atoms with Gasteiger partial charge >= 0.3 is 0 Å². The van der Waals surface area contributed by atoms with E-state index in [-0.39, 0.29) is 5.91 Å². The molecule has 2 atom stereocenters. The lowest BCUT2D eigenvalue weighted by Gasteiger charge is -2.23. The number of nitrogens with one attached hydrogen (secondary N) is 1. The number of aryl methyl sites for hydroxylation is 1. The smallest absolute Gasteiger partial charge is 0.289 e. The minimum atomic E-state index is -0.0139. The number of hydrogen-bond acceptors (Lipinski definition) is 4. The molecule has 0 radical (unpaired) electrons. The molecule has 110 valence electrons. The van der Waals surface area contributed by atoms with Crippen molar-refractivity contribution < 1.29 is 9.21 Å². The Kier molecular flexibility index (Phi) is 2.96. The van der Waals surface area contributed by atoms with Crippen molar-refractivity contribution in [3.05, 3.63) is 29.7 Å². The van der Waals surface area contributed by atoms with Crippen molar-refractivity contribution in [3.63, 3.8) is 0 Å². The first-order valence-electron chi connectivity index (χ1n) is 7.61. The summed E-state index contributed by atoms with van der Waals surface area (Å²) in [7, 11) is 0. The van der Waals surface area contributed by atoms with Crippen LogP contribution in [-0.4, -0.2) is 41.0 Å². The van der Waals surface area contributed by atoms with Crippen LogP contribution in [0.2, 0.25) is 0 Å². The fourth-order valence-electron chi connectivity index (χ4n) is 3.41. The van der Waals surface area contributed by atoms with Crippen LogP contribution in [0.3, 0.4) is 0 Å². The molecule has 5 heteroatoms. The van der Waals surface area contributed by atoms with E-state index in [1.165, 1.54) is 6.42 Å². The molecular weight excluding hydrogens is 266 g/mol. The Balaban J connectivity index is 1.60. The van der Waals surface area contributed by atoms with Gasteiger partial charge in [0.1, 0.15) is 5.52 Å².